The first-order valence-electron chi connectivity index (χ1n) is 4.50. The molecule has 1 heterocycles. The zero-order chi connectivity index (χ0) is 9.97. The van der Waals surface area contributed by atoms with E-state index >= 15 is 0 Å². The van der Waals surface area contributed by atoms with Crippen LogP contribution in [0.25, 0.3) is 10.9 Å². The van der Waals surface area contributed by atoms with Gasteiger partial charge in [0.15, 0.2) is 0 Å². The predicted octanol–water partition coefficient (Wildman–Crippen LogP) is 2.17. The van der Waals surface area contributed by atoms with Crippen molar-refractivity contribution in [3.05, 3.63) is 42.1 Å². The molecule has 0 N–H and O–H groups in total. The Balaban J connectivity index is 2.59. The Kier molecular flexibility index (Phi) is 2.27. The van der Waals surface area contributed by atoms with Crippen LogP contribution >= 0.6 is 0 Å². The van der Waals surface area contributed by atoms with E-state index in [1.54, 1.807) is 13.1 Å². The summed E-state index contributed by atoms with van der Waals surface area (Å²) in [6.45, 7) is 1.60. The molecule has 0 bridgehead atoms. The summed E-state index contributed by atoms with van der Waals surface area (Å²) in [7, 11) is 0. The van der Waals surface area contributed by atoms with E-state index in [4.69, 9.17) is 0 Å². The number of pyridine rings is 1. The van der Waals surface area contributed by atoms with E-state index in [9.17, 15) is 4.79 Å². The van der Waals surface area contributed by atoms with Gasteiger partial charge in [0, 0.05) is 24.1 Å². The van der Waals surface area contributed by atoms with Crippen LogP contribution < -0.4 is 0 Å². The molecule has 0 fully saturated rings. The van der Waals surface area contributed by atoms with Gasteiger partial charge in [-0.3, -0.25) is 9.78 Å². The monoisotopic (exact) mass is 184 g/mol. The first-order chi connectivity index (χ1) is 6.77. The molecule has 0 amide bonds. The van der Waals surface area contributed by atoms with Crippen molar-refractivity contribution in [2.24, 2.45) is 0 Å². The SMILES string of the molecule is CC(=O)Cc1cccc2nc[c]cc12. The van der Waals surface area contributed by atoms with Gasteiger partial charge in [-0.05, 0) is 24.6 Å². The molecule has 0 spiro atoms. The van der Waals surface area contributed by atoms with E-state index in [2.05, 4.69) is 11.1 Å². The molecule has 69 valence electrons. The zero-order valence-electron chi connectivity index (χ0n) is 7.95. The number of ketones is 1. The molecule has 0 aliphatic rings. The number of hydrogen-bond acceptors (Lipinski definition) is 2. The lowest BCUT2D eigenvalue weighted by atomic mass is 10.0. The molecule has 0 aliphatic carbocycles. The van der Waals surface area contributed by atoms with Crippen LogP contribution in [0, 0.1) is 6.07 Å². The van der Waals surface area contributed by atoms with Crippen molar-refractivity contribution in [1.82, 2.24) is 4.98 Å². The summed E-state index contributed by atoms with van der Waals surface area (Å²) in [6, 6.07) is 10.6. The first-order valence-corrected chi connectivity index (χ1v) is 4.50. The molecule has 0 unspecified atom stereocenters. The molecule has 2 heteroatoms. The van der Waals surface area contributed by atoms with E-state index < -0.39 is 0 Å². The molecular formula is C12H10NO. The minimum absolute atomic E-state index is 0.168. The van der Waals surface area contributed by atoms with E-state index in [1.165, 1.54) is 0 Å². The Hall–Kier alpha value is -1.70. The summed E-state index contributed by atoms with van der Waals surface area (Å²) in [5, 5.41) is 1.02. The van der Waals surface area contributed by atoms with E-state index in [-0.39, 0.29) is 5.78 Å². The van der Waals surface area contributed by atoms with Gasteiger partial charge in [0.25, 0.3) is 0 Å². The van der Waals surface area contributed by atoms with Crippen LogP contribution in [0.1, 0.15) is 12.5 Å². The summed E-state index contributed by atoms with van der Waals surface area (Å²) >= 11 is 0. The summed E-state index contributed by atoms with van der Waals surface area (Å²) in [5.41, 5.74) is 1.95. The third kappa shape index (κ3) is 1.64. The molecule has 1 aromatic heterocycles. The van der Waals surface area contributed by atoms with Crippen molar-refractivity contribution in [2.75, 3.05) is 0 Å². The lowest BCUT2D eigenvalue weighted by Gasteiger charge is -2.02. The lowest BCUT2D eigenvalue weighted by molar-refractivity contribution is -0.116. The van der Waals surface area contributed by atoms with Gasteiger partial charge in [0.1, 0.15) is 5.78 Å². The highest BCUT2D eigenvalue weighted by molar-refractivity contribution is 5.87. The summed E-state index contributed by atoms with van der Waals surface area (Å²) < 4.78 is 0. The normalized spacial score (nSPS) is 10.4. The van der Waals surface area contributed by atoms with Gasteiger partial charge in [-0.25, -0.2) is 0 Å². The van der Waals surface area contributed by atoms with Crippen LogP contribution in [-0.4, -0.2) is 10.8 Å². The number of fused-ring (bicyclic) bond motifs is 1. The molecule has 0 saturated heterocycles. The van der Waals surface area contributed by atoms with Gasteiger partial charge in [-0.2, -0.15) is 0 Å². The second-order valence-electron chi connectivity index (χ2n) is 3.30. The summed E-state index contributed by atoms with van der Waals surface area (Å²) in [4.78, 5) is 15.2. The minimum atomic E-state index is 0.168. The number of carbonyl (C=O) groups excluding carboxylic acids is 1. The minimum Gasteiger partial charge on any atom is -0.300 e. The number of benzene rings is 1. The molecule has 0 aliphatic heterocycles. The fourth-order valence-corrected chi connectivity index (χ4v) is 1.53. The van der Waals surface area contributed by atoms with Gasteiger partial charge in [0.2, 0.25) is 0 Å². The number of carbonyl (C=O) groups is 1. The van der Waals surface area contributed by atoms with Crippen LogP contribution in [0.2, 0.25) is 0 Å². The predicted molar refractivity (Wildman–Crippen MR) is 55.0 cm³/mol. The van der Waals surface area contributed by atoms with Crippen LogP contribution in [0.3, 0.4) is 0 Å². The second kappa shape index (κ2) is 3.58. The molecule has 1 radical (unpaired) electrons. The average molecular weight is 184 g/mol. The maximum absolute atomic E-state index is 11.0. The average Bonchev–Trinajstić information content (AvgIpc) is 2.18. The Labute approximate surface area is 82.6 Å². The maximum atomic E-state index is 11.0. The van der Waals surface area contributed by atoms with Crippen LogP contribution in [0.4, 0.5) is 0 Å². The molecule has 0 atom stereocenters. The highest BCUT2D eigenvalue weighted by Crippen LogP contribution is 2.16. The summed E-state index contributed by atoms with van der Waals surface area (Å²) in [5.74, 6) is 0.168. The molecule has 1 aromatic carbocycles. The van der Waals surface area contributed by atoms with Gasteiger partial charge >= 0.3 is 0 Å². The van der Waals surface area contributed by atoms with E-state index in [1.807, 2.05) is 24.3 Å². The number of rotatable bonds is 2. The first kappa shape index (κ1) is 8.88. The van der Waals surface area contributed by atoms with E-state index in [0.717, 1.165) is 16.5 Å². The van der Waals surface area contributed by atoms with Crippen LogP contribution in [0.15, 0.2) is 30.5 Å². The van der Waals surface area contributed by atoms with Gasteiger partial charge in [-0.1, -0.05) is 12.1 Å². The molecule has 2 rings (SSSR count). The number of hydrogen-bond donors (Lipinski definition) is 0. The number of aromatic nitrogens is 1. The summed E-state index contributed by atoms with van der Waals surface area (Å²) in [6.07, 6.45) is 2.11. The third-order valence-corrected chi connectivity index (χ3v) is 2.12. The Morgan fingerprint density at radius 2 is 2.36 bits per heavy atom. The Morgan fingerprint density at radius 1 is 1.50 bits per heavy atom. The van der Waals surface area contributed by atoms with Gasteiger partial charge in [0.05, 0.1) is 5.52 Å². The van der Waals surface area contributed by atoms with Crippen molar-refractivity contribution in [3.8, 4) is 0 Å². The highest BCUT2D eigenvalue weighted by atomic mass is 16.1. The largest absolute Gasteiger partial charge is 0.300 e. The third-order valence-electron chi connectivity index (χ3n) is 2.12. The fourth-order valence-electron chi connectivity index (χ4n) is 1.53. The number of nitrogens with zero attached hydrogens (tertiary/aromatic N) is 1. The van der Waals surface area contributed by atoms with Crippen molar-refractivity contribution in [3.63, 3.8) is 0 Å². The smallest absolute Gasteiger partial charge is 0.134 e. The van der Waals surface area contributed by atoms with Crippen molar-refractivity contribution in [1.29, 1.82) is 0 Å². The maximum Gasteiger partial charge on any atom is 0.134 e. The second-order valence-corrected chi connectivity index (χ2v) is 3.30. The van der Waals surface area contributed by atoms with Crippen molar-refractivity contribution in [2.45, 2.75) is 13.3 Å². The fraction of sp³-hybridized carbons (Fsp3) is 0.167. The lowest BCUT2D eigenvalue weighted by Crippen LogP contribution is -1.97. The van der Waals surface area contributed by atoms with Gasteiger partial charge < -0.3 is 0 Å². The molecule has 2 nitrogen and oxygen atoms in total. The topological polar surface area (TPSA) is 30.0 Å². The highest BCUT2D eigenvalue weighted by Gasteiger charge is 2.02. The standard InChI is InChI=1S/C12H10NO/c1-9(14)8-10-4-2-6-12-11(10)5-3-7-13-12/h2,4-7H,8H2,1H3. The molecule has 0 saturated carbocycles. The van der Waals surface area contributed by atoms with Crippen LogP contribution in [0.5, 0.6) is 0 Å². The van der Waals surface area contributed by atoms with Crippen molar-refractivity contribution >= 4 is 16.7 Å². The molecule has 14 heavy (non-hydrogen) atoms. The molecular weight excluding hydrogens is 174 g/mol. The van der Waals surface area contributed by atoms with Crippen molar-refractivity contribution < 1.29 is 4.79 Å². The van der Waals surface area contributed by atoms with Gasteiger partial charge in [-0.15, -0.1) is 0 Å². The Morgan fingerprint density at radius 3 is 3.14 bits per heavy atom. The quantitative estimate of drug-likeness (QED) is 0.716. The van der Waals surface area contributed by atoms with Crippen LogP contribution in [-0.2, 0) is 11.2 Å². The Bertz CT molecular complexity index is 471. The number of Topliss-reactive ketones (excluding diaryl/α,β-unsaturated/α-hetero) is 1. The zero-order valence-corrected chi connectivity index (χ0v) is 7.95. The molecule has 2 aromatic rings. The van der Waals surface area contributed by atoms with E-state index in [0.29, 0.717) is 6.42 Å².